The van der Waals surface area contributed by atoms with Gasteiger partial charge in [0.2, 0.25) is 15.8 Å². The van der Waals surface area contributed by atoms with E-state index in [1.165, 1.54) is 26.0 Å². The van der Waals surface area contributed by atoms with Crippen LogP contribution in [0.3, 0.4) is 0 Å². The van der Waals surface area contributed by atoms with Crippen LogP contribution >= 0.6 is 0 Å². The van der Waals surface area contributed by atoms with Gasteiger partial charge in [0, 0.05) is 12.6 Å². The molecule has 0 fully saturated rings. The zero-order valence-corrected chi connectivity index (χ0v) is 14.4. The van der Waals surface area contributed by atoms with Gasteiger partial charge in [-0.15, -0.1) is 0 Å². The molecule has 2 rings (SSSR count). The average Bonchev–Trinajstić information content (AvgIpc) is 2.57. The van der Waals surface area contributed by atoms with E-state index in [1.807, 2.05) is 0 Å². The maximum atomic E-state index is 13.9. The van der Waals surface area contributed by atoms with Gasteiger partial charge < -0.3 is 0 Å². The van der Waals surface area contributed by atoms with Gasteiger partial charge in [0.15, 0.2) is 28.2 Å². The van der Waals surface area contributed by atoms with Crippen LogP contribution in [-0.4, -0.2) is 18.8 Å². The van der Waals surface area contributed by atoms with Crippen LogP contribution in [0, 0.1) is 34.9 Å². The van der Waals surface area contributed by atoms with Crippen molar-refractivity contribution in [1.82, 2.24) is 4.31 Å². The predicted octanol–water partition coefficient (Wildman–Crippen LogP) is 4.12. The minimum Gasteiger partial charge on any atom is -0.207 e. The molecule has 0 radical (unpaired) electrons. The van der Waals surface area contributed by atoms with Gasteiger partial charge >= 0.3 is 0 Å². The quantitative estimate of drug-likeness (QED) is 0.433. The van der Waals surface area contributed by atoms with Crippen molar-refractivity contribution < 1.29 is 34.8 Å². The summed E-state index contributed by atoms with van der Waals surface area (Å²) >= 11 is 0. The summed E-state index contributed by atoms with van der Waals surface area (Å²) in [6.07, 6.45) is 0. The minimum atomic E-state index is -5.09. The Labute approximate surface area is 145 Å². The van der Waals surface area contributed by atoms with E-state index >= 15 is 0 Å². The van der Waals surface area contributed by atoms with Crippen LogP contribution < -0.4 is 0 Å². The Bertz CT molecular complexity index is 900. The molecule has 0 unspecified atom stereocenters. The van der Waals surface area contributed by atoms with Crippen LogP contribution in [0.25, 0.3) is 0 Å². The van der Waals surface area contributed by atoms with Crippen LogP contribution in [0.4, 0.5) is 26.3 Å². The number of halogens is 6. The molecule has 0 aliphatic carbocycles. The third-order valence-electron chi connectivity index (χ3n) is 3.56. The standard InChI is InChI=1S/C16H13F6NO2S/c1-8(2)23(7-9-3-5-10(17)6-4-9)26(24,25)16-14(21)12(19)11(18)13(20)15(16)22/h3-6,8H,7H2,1-2H3. The Hall–Kier alpha value is -2.07. The summed E-state index contributed by atoms with van der Waals surface area (Å²) < 4.78 is 107. The van der Waals surface area contributed by atoms with Crippen molar-refractivity contribution >= 4 is 10.0 Å². The molecule has 142 valence electrons. The summed E-state index contributed by atoms with van der Waals surface area (Å²) in [6.45, 7) is 2.25. The van der Waals surface area contributed by atoms with Crippen molar-refractivity contribution in [3.8, 4) is 0 Å². The fraction of sp³-hybridized carbons (Fsp3) is 0.250. The van der Waals surface area contributed by atoms with Crippen molar-refractivity contribution in [3.63, 3.8) is 0 Å². The summed E-state index contributed by atoms with van der Waals surface area (Å²) in [5.41, 5.74) is 0.257. The number of hydrogen-bond donors (Lipinski definition) is 0. The molecule has 0 aliphatic heterocycles. The minimum absolute atomic E-state index is 0.257. The van der Waals surface area contributed by atoms with Gasteiger partial charge in [-0.05, 0) is 31.5 Å². The molecule has 10 heteroatoms. The zero-order chi connectivity index (χ0) is 19.8. The molecular weight excluding hydrogens is 384 g/mol. The number of rotatable bonds is 5. The largest absolute Gasteiger partial charge is 0.249 e. The Morgan fingerprint density at radius 2 is 1.23 bits per heavy atom. The van der Waals surface area contributed by atoms with Gasteiger partial charge in [-0.2, -0.15) is 4.31 Å². The van der Waals surface area contributed by atoms with E-state index in [2.05, 4.69) is 0 Å². The van der Waals surface area contributed by atoms with E-state index in [0.29, 0.717) is 4.31 Å². The Balaban J connectivity index is 2.61. The summed E-state index contributed by atoms with van der Waals surface area (Å²) in [6, 6.07) is 3.66. The SMILES string of the molecule is CC(C)N(Cc1ccc(F)cc1)S(=O)(=O)c1c(F)c(F)c(F)c(F)c1F. The van der Waals surface area contributed by atoms with Crippen LogP contribution in [0.5, 0.6) is 0 Å². The summed E-state index contributed by atoms with van der Waals surface area (Å²) in [5.74, 6) is -12.6. The molecule has 2 aromatic rings. The highest BCUT2D eigenvalue weighted by molar-refractivity contribution is 7.89. The topological polar surface area (TPSA) is 37.4 Å². The highest BCUT2D eigenvalue weighted by Gasteiger charge is 2.38. The Kier molecular flexibility index (Phi) is 5.67. The third kappa shape index (κ3) is 3.56. The van der Waals surface area contributed by atoms with Crippen molar-refractivity contribution in [2.24, 2.45) is 0 Å². The number of sulfonamides is 1. The molecule has 0 saturated carbocycles. The highest BCUT2D eigenvalue weighted by atomic mass is 32.2. The second-order valence-electron chi connectivity index (χ2n) is 5.67. The second kappa shape index (κ2) is 7.28. The summed E-state index contributed by atoms with van der Waals surface area (Å²) in [5, 5.41) is 0. The van der Waals surface area contributed by atoms with E-state index in [1.54, 1.807) is 0 Å². The lowest BCUT2D eigenvalue weighted by molar-refractivity contribution is 0.328. The number of benzene rings is 2. The average molecular weight is 397 g/mol. The summed E-state index contributed by atoms with van der Waals surface area (Å²) in [7, 11) is -5.09. The van der Waals surface area contributed by atoms with Gasteiger partial charge in [-0.1, -0.05) is 12.1 Å². The van der Waals surface area contributed by atoms with Gasteiger partial charge in [0.05, 0.1) is 0 Å². The first-order valence-electron chi connectivity index (χ1n) is 7.26. The molecule has 0 amide bonds. The molecule has 3 nitrogen and oxygen atoms in total. The zero-order valence-electron chi connectivity index (χ0n) is 13.5. The maximum absolute atomic E-state index is 13.9. The number of nitrogens with zero attached hydrogens (tertiary/aromatic N) is 1. The number of hydrogen-bond acceptors (Lipinski definition) is 2. The van der Waals surface area contributed by atoms with Gasteiger partial charge in [0.1, 0.15) is 5.82 Å². The predicted molar refractivity (Wildman–Crippen MR) is 80.5 cm³/mol. The van der Waals surface area contributed by atoms with Crippen molar-refractivity contribution in [3.05, 3.63) is 64.7 Å². The summed E-state index contributed by atoms with van der Waals surface area (Å²) in [4.78, 5) is -1.93. The lowest BCUT2D eigenvalue weighted by Crippen LogP contribution is -2.37. The van der Waals surface area contributed by atoms with Crippen LogP contribution in [0.15, 0.2) is 29.2 Å². The first kappa shape index (κ1) is 20.2. The smallest absolute Gasteiger partial charge is 0.207 e. The van der Waals surface area contributed by atoms with Crippen molar-refractivity contribution in [2.75, 3.05) is 0 Å². The Morgan fingerprint density at radius 1 is 0.808 bits per heavy atom. The lowest BCUT2D eigenvalue weighted by atomic mass is 10.2. The van der Waals surface area contributed by atoms with E-state index in [9.17, 15) is 34.8 Å². The van der Waals surface area contributed by atoms with E-state index in [0.717, 1.165) is 12.1 Å². The van der Waals surface area contributed by atoms with E-state index in [4.69, 9.17) is 0 Å². The molecule has 0 aromatic heterocycles. The highest BCUT2D eigenvalue weighted by Crippen LogP contribution is 2.30. The van der Waals surface area contributed by atoms with Crippen LogP contribution in [0.2, 0.25) is 0 Å². The van der Waals surface area contributed by atoms with Gasteiger partial charge in [-0.3, -0.25) is 0 Å². The van der Waals surface area contributed by atoms with Crippen molar-refractivity contribution in [1.29, 1.82) is 0 Å². The van der Waals surface area contributed by atoms with Crippen LogP contribution in [-0.2, 0) is 16.6 Å². The first-order chi connectivity index (χ1) is 12.0. The van der Waals surface area contributed by atoms with Crippen molar-refractivity contribution in [2.45, 2.75) is 31.3 Å². The molecule has 0 bridgehead atoms. The molecule has 26 heavy (non-hydrogen) atoms. The normalized spacial score (nSPS) is 12.2. The molecule has 0 heterocycles. The van der Waals surface area contributed by atoms with E-state index < -0.39 is 62.4 Å². The Morgan fingerprint density at radius 3 is 1.65 bits per heavy atom. The third-order valence-corrected chi connectivity index (χ3v) is 5.61. The molecule has 0 atom stereocenters. The van der Waals surface area contributed by atoms with E-state index in [-0.39, 0.29) is 5.56 Å². The molecule has 0 spiro atoms. The fourth-order valence-electron chi connectivity index (χ4n) is 2.24. The molecule has 0 aliphatic rings. The molecule has 2 aromatic carbocycles. The lowest BCUT2D eigenvalue weighted by Gasteiger charge is -2.26. The fourth-order valence-corrected chi connectivity index (χ4v) is 3.98. The van der Waals surface area contributed by atoms with Gasteiger partial charge in [0.25, 0.3) is 0 Å². The van der Waals surface area contributed by atoms with Crippen LogP contribution in [0.1, 0.15) is 19.4 Å². The first-order valence-corrected chi connectivity index (χ1v) is 8.70. The second-order valence-corrected chi connectivity index (χ2v) is 7.50. The molecular formula is C16H13F6NO2S. The molecule has 0 saturated heterocycles. The maximum Gasteiger partial charge on any atom is 0.249 e. The molecule has 0 N–H and O–H groups in total. The monoisotopic (exact) mass is 397 g/mol. The van der Waals surface area contributed by atoms with Gasteiger partial charge in [-0.25, -0.2) is 34.8 Å².